The van der Waals surface area contributed by atoms with Gasteiger partial charge in [0.2, 0.25) is 0 Å². The first kappa shape index (κ1) is 14.1. The van der Waals surface area contributed by atoms with E-state index in [-0.39, 0.29) is 0 Å². The quantitative estimate of drug-likeness (QED) is 0.930. The first-order valence-corrected chi connectivity index (χ1v) is 8.90. The minimum absolute atomic E-state index is 0.721. The van der Waals surface area contributed by atoms with Crippen LogP contribution >= 0.6 is 22.7 Å². The van der Waals surface area contributed by atoms with Crippen LogP contribution in [0.25, 0.3) is 0 Å². The fourth-order valence-electron chi connectivity index (χ4n) is 2.54. The predicted molar refractivity (Wildman–Crippen MR) is 89.1 cm³/mol. The highest BCUT2D eigenvalue weighted by atomic mass is 32.1. The monoisotopic (exact) mass is 336 g/mol. The summed E-state index contributed by atoms with van der Waals surface area (Å²) >= 11 is 3.20. The van der Waals surface area contributed by atoms with E-state index >= 15 is 0 Å². The summed E-state index contributed by atoms with van der Waals surface area (Å²) < 4.78 is 5.39. The number of aliphatic hydroxyl groups is 1. The second-order valence-electron chi connectivity index (χ2n) is 5.18. The molecule has 1 saturated heterocycles. The smallest absolute Gasteiger partial charge is 0.187 e. The molecule has 1 fully saturated rings. The Labute approximate surface area is 136 Å². The number of ether oxygens (including phenoxy) is 1. The molecule has 0 radical (unpaired) electrons. The van der Waals surface area contributed by atoms with Crippen molar-refractivity contribution in [1.82, 2.24) is 4.98 Å². The Balaban J connectivity index is 1.62. The molecular formula is C14H16N4O2S2. The number of aromatic nitrogens is 1. The SMILES string of the molecule is OC1N=CN(Cc2ccsc2)c2nc(N3CCOCC3)sc21. The molecule has 2 aliphatic heterocycles. The lowest BCUT2D eigenvalue weighted by atomic mass is 10.3. The van der Waals surface area contributed by atoms with Gasteiger partial charge in [-0.25, -0.2) is 9.98 Å². The summed E-state index contributed by atoms with van der Waals surface area (Å²) in [5.41, 5.74) is 1.22. The van der Waals surface area contributed by atoms with Crippen LogP contribution in [0.1, 0.15) is 16.7 Å². The minimum Gasteiger partial charge on any atom is -0.378 e. The second-order valence-corrected chi connectivity index (χ2v) is 6.97. The lowest BCUT2D eigenvalue weighted by Crippen LogP contribution is -2.36. The molecule has 0 aliphatic carbocycles. The molecule has 0 spiro atoms. The van der Waals surface area contributed by atoms with Crippen molar-refractivity contribution in [1.29, 1.82) is 0 Å². The maximum absolute atomic E-state index is 10.1. The van der Waals surface area contributed by atoms with E-state index in [1.54, 1.807) is 17.7 Å². The van der Waals surface area contributed by atoms with Crippen LogP contribution in [0.2, 0.25) is 0 Å². The van der Waals surface area contributed by atoms with E-state index in [1.807, 2.05) is 4.90 Å². The van der Waals surface area contributed by atoms with Crippen molar-refractivity contribution in [3.63, 3.8) is 0 Å². The first-order valence-electron chi connectivity index (χ1n) is 7.14. The number of morpholine rings is 1. The molecule has 116 valence electrons. The average Bonchev–Trinajstić information content (AvgIpc) is 3.21. The molecule has 4 rings (SSSR count). The average molecular weight is 336 g/mol. The van der Waals surface area contributed by atoms with Crippen LogP contribution in [0.3, 0.4) is 0 Å². The number of anilines is 2. The van der Waals surface area contributed by atoms with Gasteiger partial charge in [-0.1, -0.05) is 11.3 Å². The molecule has 6 nitrogen and oxygen atoms in total. The third-order valence-electron chi connectivity index (χ3n) is 3.69. The maximum Gasteiger partial charge on any atom is 0.187 e. The standard InChI is InChI=1S/C14H16N4O2S2/c19-13-11-12(16-14(22-11)17-2-4-20-5-3-17)18(9-15-13)7-10-1-6-21-8-10/h1,6,8-9,13,19H,2-5,7H2. The molecule has 2 aromatic rings. The number of hydrogen-bond donors (Lipinski definition) is 1. The van der Waals surface area contributed by atoms with E-state index in [9.17, 15) is 5.11 Å². The summed E-state index contributed by atoms with van der Waals surface area (Å²) in [6.07, 6.45) is 0.883. The number of thiophene rings is 1. The Hall–Kier alpha value is -1.48. The van der Waals surface area contributed by atoms with Gasteiger partial charge in [0.25, 0.3) is 0 Å². The van der Waals surface area contributed by atoms with Crippen molar-refractivity contribution in [2.24, 2.45) is 4.99 Å². The molecule has 0 saturated carbocycles. The lowest BCUT2D eigenvalue weighted by Gasteiger charge is -2.26. The summed E-state index contributed by atoms with van der Waals surface area (Å²) in [5.74, 6) is 0.820. The number of rotatable bonds is 3. The third-order valence-corrected chi connectivity index (χ3v) is 5.57. The van der Waals surface area contributed by atoms with Crippen molar-refractivity contribution >= 4 is 40.0 Å². The summed E-state index contributed by atoms with van der Waals surface area (Å²) in [7, 11) is 0. The molecule has 0 amide bonds. The second kappa shape index (κ2) is 5.96. The molecule has 8 heteroatoms. The van der Waals surface area contributed by atoms with Gasteiger partial charge in [0.15, 0.2) is 17.2 Å². The summed E-state index contributed by atoms with van der Waals surface area (Å²) in [6.45, 7) is 3.85. The molecule has 1 N–H and O–H groups in total. The van der Waals surface area contributed by atoms with Gasteiger partial charge in [-0.15, -0.1) is 0 Å². The Morgan fingerprint density at radius 3 is 3.00 bits per heavy atom. The topological polar surface area (TPSA) is 61.2 Å². The van der Waals surface area contributed by atoms with Crippen molar-refractivity contribution < 1.29 is 9.84 Å². The number of thiazole rings is 1. The normalized spacial score (nSPS) is 21.2. The van der Waals surface area contributed by atoms with Gasteiger partial charge in [0, 0.05) is 13.1 Å². The number of nitrogens with zero attached hydrogens (tertiary/aromatic N) is 4. The van der Waals surface area contributed by atoms with Crippen LogP contribution < -0.4 is 9.80 Å². The fourth-order valence-corrected chi connectivity index (χ4v) is 4.26. The van der Waals surface area contributed by atoms with Gasteiger partial charge < -0.3 is 19.6 Å². The minimum atomic E-state index is -0.805. The van der Waals surface area contributed by atoms with Crippen LogP contribution in [-0.4, -0.2) is 42.7 Å². The number of hydrogen-bond acceptors (Lipinski definition) is 8. The molecule has 1 atom stereocenters. The van der Waals surface area contributed by atoms with Gasteiger partial charge >= 0.3 is 0 Å². The summed E-state index contributed by atoms with van der Waals surface area (Å²) in [5, 5.41) is 15.2. The van der Waals surface area contributed by atoms with Crippen LogP contribution in [0, 0.1) is 0 Å². The van der Waals surface area contributed by atoms with E-state index in [2.05, 4.69) is 26.7 Å². The van der Waals surface area contributed by atoms with Crippen molar-refractivity contribution in [3.05, 3.63) is 27.3 Å². The number of aliphatic hydroxyl groups excluding tert-OH is 1. The zero-order valence-corrected chi connectivity index (χ0v) is 13.5. The van der Waals surface area contributed by atoms with Gasteiger partial charge in [-0.05, 0) is 22.4 Å². The van der Waals surface area contributed by atoms with Crippen LogP contribution in [0.15, 0.2) is 21.8 Å². The highest BCUT2D eigenvalue weighted by Crippen LogP contribution is 2.39. The highest BCUT2D eigenvalue weighted by molar-refractivity contribution is 7.16. The van der Waals surface area contributed by atoms with Crippen LogP contribution in [0.4, 0.5) is 10.9 Å². The predicted octanol–water partition coefficient (Wildman–Crippen LogP) is 2.08. The van der Waals surface area contributed by atoms with E-state index in [0.717, 1.165) is 48.7 Å². The van der Waals surface area contributed by atoms with Crippen molar-refractivity contribution in [2.75, 3.05) is 36.1 Å². The van der Waals surface area contributed by atoms with Gasteiger partial charge in [-0.3, -0.25) is 0 Å². The summed E-state index contributed by atoms with van der Waals surface area (Å²) in [4.78, 5) is 14.0. The van der Waals surface area contributed by atoms with Gasteiger partial charge in [0.05, 0.1) is 26.1 Å². The Bertz CT molecular complexity index is 664. The molecule has 2 aliphatic rings. The highest BCUT2D eigenvalue weighted by Gasteiger charge is 2.28. The van der Waals surface area contributed by atoms with E-state index in [0.29, 0.717) is 0 Å². The van der Waals surface area contributed by atoms with Crippen LogP contribution in [-0.2, 0) is 11.3 Å². The van der Waals surface area contributed by atoms with Crippen molar-refractivity contribution in [3.8, 4) is 0 Å². The number of fused-ring (bicyclic) bond motifs is 1. The Morgan fingerprint density at radius 1 is 1.36 bits per heavy atom. The van der Waals surface area contributed by atoms with E-state index in [4.69, 9.17) is 9.72 Å². The maximum atomic E-state index is 10.1. The van der Waals surface area contributed by atoms with Crippen molar-refractivity contribution in [2.45, 2.75) is 12.8 Å². The zero-order valence-electron chi connectivity index (χ0n) is 11.9. The lowest BCUT2D eigenvalue weighted by molar-refractivity contribution is 0.122. The van der Waals surface area contributed by atoms with E-state index < -0.39 is 6.23 Å². The molecule has 22 heavy (non-hydrogen) atoms. The molecule has 2 aromatic heterocycles. The summed E-state index contributed by atoms with van der Waals surface area (Å²) in [6, 6.07) is 2.10. The molecule has 4 heterocycles. The third kappa shape index (κ3) is 2.63. The molecule has 0 aromatic carbocycles. The zero-order chi connectivity index (χ0) is 14.9. The van der Waals surface area contributed by atoms with Crippen LogP contribution in [0.5, 0.6) is 0 Å². The van der Waals surface area contributed by atoms with E-state index in [1.165, 1.54) is 16.9 Å². The van der Waals surface area contributed by atoms with Gasteiger partial charge in [0.1, 0.15) is 4.88 Å². The largest absolute Gasteiger partial charge is 0.378 e. The number of aliphatic imine (C=N–C) groups is 1. The van der Waals surface area contributed by atoms with Gasteiger partial charge in [-0.2, -0.15) is 11.3 Å². The molecule has 1 unspecified atom stereocenters. The Morgan fingerprint density at radius 2 is 2.23 bits per heavy atom. The first-order chi connectivity index (χ1) is 10.8. The molecule has 0 bridgehead atoms. The molecular weight excluding hydrogens is 320 g/mol. The Kier molecular flexibility index (Phi) is 3.83. The fraction of sp³-hybridized carbons (Fsp3) is 0.429.